The summed E-state index contributed by atoms with van der Waals surface area (Å²) in [6, 6.07) is 0. The molecular formula is C22H32O6. The summed E-state index contributed by atoms with van der Waals surface area (Å²) >= 11 is 0. The number of unbranched alkanes of at least 4 members (excludes halogenated alkanes) is 10. The van der Waals surface area contributed by atoms with E-state index in [1.165, 1.54) is 38.9 Å². The number of aliphatic carboxylic acids is 1. The Kier molecular flexibility index (Phi) is 11.6. The highest BCUT2D eigenvalue weighted by molar-refractivity contribution is 6.20. The summed E-state index contributed by atoms with van der Waals surface area (Å²) in [7, 11) is 1.34. The molecule has 0 fully saturated rings. The Balaban J connectivity index is 2.02. The second kappa shape index (κ2) is 13.7. The number of rotatable bonds is 15. The van der Waals surface area contributed by atoms with Crippen molar-refractivity contribution in [2.24, 2.45) is 0 Å². The quantitative estimate of drug-likeness (QED) is 0.236. The molecule has 28 heavy (non-hydrogen) atoms. The predicted octanol–water partition coefficient (Wildman–Crippen LogP) is 4.80. The molecule has 0 bridgehead atoms. The number of carboxylic acid groups (broad SMARTS) is 1. The highest BCUT2D eigenvalue weighted by atomic mass is 16.5. The molecule has 1 rings (SSSR count). The number of methoxy groups -OCH3 is 1. The molecule has 0 saturated carbocycles. The third-order valence-corrected chi connectivity index (χ3v) is 4.81. The number of Topliss-reactive ketones (excluding diaryl/α,β-unsaturated/α-hetero) is 1. The van der Waals surface area contributed by atoms with E-state index in [9.17, 15) is 19.5 Å². The van der Waals surface area contributed by atoms with Crippen molar-refractivity contribution in [1.82, 2.24) is 0 Å². The largest absolute Gasteiger partial charge is 0.504 e. The van der Waals surface area contributed by atoms with Crippen molar-refractivity contribution in [3.63, 3.8) is 0 Å². The second-order valence-electron chi connectivity index (χ2n) is 7.05. The number of hydrogen-bond acceptors (Lipinski definition) is 5. The van der Waals surface area contributed by atoms with Gasteiger partial charge >= 0.3 is 5.97 Å². The number of carboxylic acids is 1. The molecule has 2 N–H and O–H groups in total. The molecule has 1 aliphatic rings. The number of carbonyl (C=O) groups excluding carboxylic acids is 2. The van der Waals surface area contributed by atoms with Crippen molar-refractivity contribution >= 4 is 17.5 Å². The molecule has 0 aromatic heterocycles. The fraction of sp³-hybridized carbons (Fsp3) is 0.591. The molecule has 0 unspecified atom stereocenters. The van der Waals surface area contributed by atoms with Gasteiger partial charge in [-0.25, -0.2) is 4.79 Å². The van der Waals surface area contributed by atoms with Crippen molar-refractivity contribution in [1.29, 1.82) is 0 Å². The lowest BCUT2D eigenvalue weighted by atomic mass is 9.94. The van der Waals surface area contributed by atoms with Crippen molar-refractivity contribution in [3.05, 3.63) is 35.3 Å². The lowest BCUT2D eigenvalue weighted by molar-refractivity contribution is -0.131. The smallest absolute Gasteiger partial charge is 0.327 e. The fourth-order valence-electron chi connectivity index (χ4n) is 3.20. The van der Waals surface area contributed by atoms with Gasteiger partial charge in [0.25, 0.3) is 0 Å². The van der Waals surface area contributed by atoms with Gasteiger partial charge in [-0.2, -0.15) is 0 Å². The molecule has 0 aromatic carbocycles. The zero-order chi connectivity index (χ0) is 20.8. The minimum absolute atomic E-state index is 0.00397. The lowest BCUT2D eigenvalue weighted by Gasteiger charge is -2.14. The monoisotopic (exact) mass is 392 g/mol. The van der Waals surface area contributed by atoms with Crippen LogP contribution in [-0.4, -0.2) is 34.9 Å². The van der Waals surface area contributed by atoms with Crippen LogP contribution in [0.4, 0.5) is 0 Å². The van der Waals surface area contributed by atoms with E-state index in [0.717, 1.165) is 51.0 Å². The maximum absolute atomic E-state index is 12.1. The molecule has 0 heterocycles. The van der Waals surface area contributed by atoms with Gasteiger partial charge < -0.3 is 14.9 Å². The van der Waals surface area contributed by atoms with Gasteiger partial charge in [0.15, 0.2) is 11.5 Å². The van der Waals surface area contributed by atoms with Gasteiger partial charge in [0.2, 0.25) is 11.6 Å². The van der Waals surface area contributed by atoms with Gasteiger partial charge in [0.05, 0.1) is 7.11 Å². The highest BCUT2D eigenvalue weighted by Gasteiger charge is 2.28. The summed E-state index contributed by atoms with van der Waals surface area (Å²) in [5, 5.41) is 18.3. The molecule has 0 saturated heterocycles. The van der Waals surface area contributed by atoms with Crippen LogP contribution in [0, 0.1) is 0 Å². The van der Waals surface area contributed by atoms with Gasteiger partial charge in [0, 0.05) is 17.7 Å². The lowest BCUT2D eigenvalue weighted by Crippen LogP contribution is -2.20. The molecule has 0 radical (unpaired) electrons. The summed E-state index contributed by atoms with van der Waals surface area (Å²) in [6.45, 7) is 0. The molecule has 0 aromatic rings. The van der Waals surface area contributed by atoms with Crippen LogP contribution in [0.2, 0.25) is 0 Å². The minimum Gasteiger partial charge on any atom is -0.504 e. The first-order chi connectivity index (χ1) is 13.5. The average Bonchev–Trinajstić information content (AvgIpc) is 2.67. The first-order valence-corrected chi connectivity index (χ1v) is 10.1. The van der Waals surface area contributed by atoms with E-state index in [1.807, 2.05) is 0 Å². The molecule has 6 heteroatoms. The number of carbonyl (C=O) groups is 3. The summed E-state index contributed by atoms with van der Waals surface area (Å²) in [4.78, 5) is 34.0. The van der Waals surface area contributed by atoms with Crippen LogP contribution < -0.4 is 0 Å². The van der Waals surface area contributed by atoms with Gasteiger partial charge in [-0.1, -0.05) is 57.4 Å². The van der Waals surface area contributed by atoms with E-state index < -0.39 is 23.3 Å². The Labute approximate surface area is 167 Å². The van der Waals surface area contributed by atoms with E-state index in [-0.39, 0.29) is 11.3 Å². The van der Waals surface area contributed by atoms with Crippen LogP contribution in [-0.2, 0) is 19.1 Å². The van der Waals surface area contributed by atoms with Crippen LogP contribution in [0.15, 0.2) is 35.3 Å². The zero-order valence-corrected chi connectivity index (χ0v) is 16.7. The maximum Gasteiger partial charge on any atom is 0.327 e. The van der Waals surface area contributed by atoms with Crippen molar-refractivity contribution in [2.75, 3.05) is 7.11 Å². The third-order valence-electron chi connectivity index (χ3n) is 4.81. The Bertz CT molecular complexity index is 627. The Morgan fingerprint density at radius 1 is 0.964 bits per heavy atom. The molecule has 0 aliphatic heterocycles. The molecular weight excluding hydrogens is 360 g/mol. The van der Waals surface area contributed by atoms with E-state index in [1.54, 1.807) is 6.08 Å². The number of allylic oxidation sites excluding steroid dienone is 3. The van der Waals surface area contributed by atoms with Crippen LogP contribution >= 0.6 is 0 Å². The predicted molar refractivity (Wildman–Crippen MR) is 107 cm³/mol. The molecule has 0 amide bonds. The topological polar surface area (TPSA) is 101 Å². The van der Waals surface area contributed by atoms with E-state index in [2.05, 4.69) is 0 Å². The molecule has 0 atom stereocenters. The minimum atomic E-state index is -0.885. The van der Waals surface area contributed by atoms with E-state index >= 15 is 0 Å². The molecule has 0 spiro atoms. The third kappa shape index (κ3) is 9.02. The molecule has 156 valence electrons. The van der Waals surface area contributed by atoms with Gasteiger partial charge in [-0.15, -0.1) is 0 Å². The summed E-state index contributed by atoms with van der Waals surface area (Å²) < 4.78 is 4.90. The normalized spacial score (nSPS) is 14.7. The molecule has 1 aliphatic carbocycles. The fourth-order valence-corrected chi connectivity index (χ4v) is 3.20. The SMILES string of the molecule is COC1=CC(=O)C(O)=C(CCCCCCCCCCCC/C=C/C(=O)O)C1=O. The Morgan fingerprint density at radius 2 is 1.50 bits per heavy atom. The first kappa shape index (κ1) is 23.7. The number of ketones is 2. The standard InChI is InChI=1S/C22H32O6/c1-28-19-16-18(23)21(26)17(22(19)27)14-12-10-8-6-4-2-3-5-7-9-11-13-15-20(24)25/h13,15-16,26H,2-12,14H2,1H3,(H,24,25)/b15-13+. The molecule has 6 nitrogen and oxygen atoms in total. The highest BCUT2D eigenvalue weighted by Crippen LogP contribution is 2.23. The number of aliphatic hydroxyl groups is 1. The second-order valence-corrected chi connectivity index (χ2v) is 7.05. The summed E-state index contributed by atoms with van der Waals surface area (Å²) in [5.74, 6) is -2.29. The Hall–Kier alpha value is -2.37. The van der Waals surface area contributed by atoms with Crippen molar-refractivity contribution in [3.8, 4) is 0 Å². The Morgan fingerprint density at radius 3 is 2.04 bits per heavy atom. The van der Waals surface area contributed by atoms with Crippen molar-refractivity contribution < 1.29 is 29.3 Å². The van der Waals surface area contributed by atoms with Gasteiger partial charge in [-0.3, -0.25) is 9.59 Å². The summed E-state index contributed by atoms with van der Waals surface area (Å²) in [5.41, 5.74) is 0.169. The maximum atomic E-state index is 12.1. The first-order valence-electron chi connectivity index (χ1n) is 10.1. The van der Waals surface area contributed by atoms with Crippen LogP contribution in [0.25, 0.3) is 0 Å². The number of ether oxygens (including phenoxy) is 1. The number of hydrogen-bond donors (Lipinski definition) is 2. The van der Waals surface area contributed by atoms with Crippen molar-refractivity contribution in [2.45, 2.75) is 77.0 Å². The summed E-state index contributed by atoms with van der Waals surface area (Å²) in [6.07, 6.45) is 16.0. The zero-order valence-electron chi connectivity index (χ0n) is 16.7. The van der Waals surface area contributed by atoms with E-state index in [4.69, 9.17) is 9.84 Å². The van der Waals surface area contributed by atoms with Gasteiger partial charge in [0.1, 0.15) is 0 Å². The van der Waals surface area contributed by atoms with Crippen LogP contribution in [0.5, 0.6) is 0 Å². The number of aliphatic hydroxyl groups excluding tert-OH is 1. The van der Waals surface area contributed by atoms with Gasteiger partial charge in [-0.05, 0) is 25.7 Å². The van der Waals surface area contributed by atoms with E-state index in [0.29, 0.717) is 6.42 Å². The van der Waals surface area contributed by atoms with Crippen LogP contribution in [0.3, 0.4) is 0 Å². The average molecular weight is 392 g/mol. The van der Waals surface area contributed by atoms with Crippen LogP contribution in [0.1, 0.15) is 77.0 Å².